The maximum Gasteiger partial charge on any atom is 0.149 e. The molecule has 1 aliphatic rings. The third-order valence-electron chi connectivity index (χ3n) is 6.64. The molecule has 1 aliphatic heterocycles. The first-order valence-corrected chi connectivity index (χ1v) is 12.4. The molecule has 176 valence electrons. The topological polar surface area (TPSA) is 36.7 Å². The van der Waals surface area contributed by atoms with Gasteiger partial charge in [-0.25, -0.2) is 4.68 Å². The van der Waals surface area contributed by atoms with E-state index in [1.165, 1.54) is 16.3 Å². The van der Waals surface area contributed by atoms with Crippen LogP contribution in [0.4, 0.5) is 5.82 Å². The number of nitrogens with zero attached hydrogens (tertiary/aromatic N) is 5. The van der Waals surface area contributed by atoms with Crippen LogP contribution in [0.15, 0.2) is 97.0 Å². The molecule has 2 heterocycles. The standard InChI is InChI=1S/C29H30N5P/c1-21(24-13-8-10-23-9-4-5-12-26(23)24)32-17-19-33(20-18-32)29-16-15-28(30-3)34(31-29)22(2)25-11-6-7-14-27(25)35/h4-16H,1-2,17-20,35H2,3H3. The van der Waals surface area contributed by atoms with Crippen molar-refractivity contribution in [2.24, 2.45) is 4.99 Å². The van der Waals surface area contributed by atoms with Crippen LogP contribution in [0.2, 0.25) is 0 Å². The summed E-state index contributed by atoms with van der Waals surface area (Å²) in [4.78, 5) is 9.12. The lowest BCUT2D eigenvalue weighted by Gasteiger charge is -2.38. The number of benzene rings is 3. The Kier molecular flexibility index (Phi) is 6.52. The molecule has 5 nitrogen and oxygen atoms in total. The Bertz CT molecular complexity index is 1470. The van der Waals surface area contributed by atoms with Gasteiger partial charge in [-0.05, 0) is 28.2 Å². The quantitative estimate of drug-likeness (QED) is 0.399. The van der Waals surface area contributed by atoms with E-state index >= 15 is 0 Å². The zero-order chi connectivity index (χ0) is 24.4. The summed E-state index contributed by atoms with van der Waals surface area (Å²) in [6, 6.07) is 27.2. The highest BCUT2D eigenvalue weighted by Crippen LogP contribution is 2.27. The summed E-state index contributed by atoms with van der Waals surface area (Å²) in [5, 5.41) is 8.53. The number of fused-ring (bicyclic) bond motifs is 1. The average molecular weight is 480 g/mol. The molecule has 1 aromatic heterocycles. The zero-order valence-electron chi connectivity index (χ0n) is 20.1. The maximum absolute atomic E-state index is 4.95. The van der Waals surface area contributed by atoms with Crippen LogP contribution in [0, 0.1) is 0 Å². The van der Waals surface area contributed by atoms with E-state index in [-0.39, 0.29) is 0 Å². The second-order valence-corrected chi connectivity index (χ2v) is 9.29. The van der Waals surface area contributed by atoms with Gasteiger partial charge >= 0.3 is 0 Å². The van der Waals surface area contributed by atoms with Gasteiger partial charge in [0, 0.05) is 50.1 Å². The van der Waals surface area contributed by atoms with Gasteiger partial charge in [-0.2, -0.15) is 0 Å². The second-order valence-electron chi connectivity index (χ2n) is 8.67. The minimum Gasteiger partial charge on any atom is -0.368 e. The molecule has 5 rings (SSSR count). The molecule has 3 aromatic carbocycles. The molecule has 1 saturated heterocycles. The highest BCUT2D eigenvalue weighted by Gasteiger charge is 2.21. The number of rotatable bonds is 5. The number of piperazine rings is 1. The fourth-order valence-corrected chi connectivity index (χ4v) is 5.04. The molecule has 0 spiro atoms. The van der Waals surface area contributed by atoms with E-state index in [9.17, 15) is 0 Å². The summed E-state index contributed by atoms with van der Waals surface area (Å²) in [6.45, 7) is 12.3. The Labute approximate surface area is 208 Å². The summed E-state index contributed by atoms with van der Waals surface area (Å²) in [5.74, 6) is 0.926. The van der Waals surface area contributed by atoms with Crippen molar-refractivity contribution in [3.05, 3.63) is 109 Å². The van der Waals surface area contributed by atoms with Crippen molar-refractivity contribution in [2.45, 2.75) is 0 Å². The smallest absolute Gasteiger partial charge is 0.149 e. The molecule has 4 aromatic rings. The van der Waals surface area contributed by atoms with Crippen molar-refractivity contribution in [2.75, 3.05) is 38.1 Å². The van der Waals surface area contributed by atoms with E-state index in [1.807, 2.05) is 28.9 Å². The van der Waals surface area contributed by atoms with E-state index in [2.05, 4.69) is 91.8 Å². The molecule has 0 aliphatic carbocycles. The molecule has 0 bridgehead atoms. The number of hydrogen-bond donors (Lipinski definition) is 0. The number of aromatic nitrogens is 2. The summed E-state index contributed by atoms with van der Waals surface area (Å²) in [6.07, 6.45) is 0. The molecule has 1 atom stereocenters. The van der Waals surface area contributed by atoms with E-state index in [0.717, 1.165) is 59.7 Å². The maximum atomic E-state index is 4.95. The van der Waals surface area contributed by atoms with Gasteiger partial charge in [-0.15, -0.1) is 14.3 Å². The fourth-order valence-electron chi connectivity index (χ4n) is 4.67. The van der Waals surface area contributed by atoms with E-state index in [1.54, 1.807) is 7.05 Å². The third kappa shape index (κ3) is 4.52. The Balaban J connectivity index is 1.36. The van der Waals surface area contributed by atoms with E-state index in [4.69, 9.17) is 5.10 Å². The molecule has 0 saturated carbocycles. The Morgan fingerprint density at radius 3 is 2.26 bits per heavy atom. The predicted molar refractivity (Wildman–Crippen MR) is 151 cm³/mol. The lowest BCUT2D eigenvalue weighted by molar-refractivity contribution is 0.366. The fraction of sp³-hybridized carbons (Fsp3) is 0.172. The van der Waals surface area contributed by atoms with Crippen LogP contribution in [-0.2, 0) is 0 Å². The second kappa shape index (κ2) is 9.89. The summed E-state index contributed by atoms with van der Waals surface area (Å²) < 4.78 is 1.85. The van der Waals surface area contributed by atoms with Crippen molar-refractivity contribution in [3.8, 4) is 0 Å². The molecule has 0 radical (unpaired) electrons. The highest BCUT2D eigenvalue weighted by molar-refractivity contribution is 7.27. The molecule has 1 fully saturated rings. The van der Waals surface area contributed by atoms with Crippen LogP contribution in [0.3, 0.4) is 0 Å². The molecule has 1 unspecified atom stereocenters. The minimum atomic E-state index is 0.773. The zero-order valence-corrected chi connectivity index (χ0v) is 21.2. The van der Waals surface area contributed by atoms with E-state index < -0.39 is 0 Å². The van der Waals surface area contributed by atoms with Crippen molar-refractivity contribution in [1.29, 1.82) is 0 Å². The van der Waals surface area contributed by atoms with Crippen LogP contribution in [0.25, 0.3) is 22.2 Å². The molecule has 35 heavy (non-hydrogen) atoms. The highest BCUT2D eigenvalue weighted by atomic mass is 31.0. The van der Waals surface area contributed by atoms with Crippen LogP contribution >= 0.6 is 9.24 Å². The van der Waals surface area contributed by atoms with Crippen LogP contribution in [0.5, 0.6) is 0 Å². The molecular formula is C29H30N5P. The molecule has 0 N–H and O–H groups in total. The number of anilines is 1. The SMILES string of the molecule is C=C(c1cccc2ccccc12)N1CCN(c2ccc(=NC)n(C(=C)c3ccccc3P)n2)CC1. The largest absolute Gasteiger partial charge is 0.368 e. The van der Waals surface area contributed by atoms with Gasteiger partial charge in [-0.1, -0.05) is 79.9 Å². The van der Waals surface area contributed by atoms with Gasteiger partial charge in [0.15, 0.2) is 0 Å². The normalized spacial score (nSPS) is 14.4. The van der Waals surface area contributed by atoms with Gasteiger partial charge in [0.1, 0.15) is 11.3 Å². The van der Waals surface area contributed by atoms with Gasteiger partial charge in [0.05, 0.1) is 5.70 Å². The lowest BCUT2D eigenvalue weighted by atomic mass is 10.0. The third-order valence-corrected chi connectivity index (χ3v) is 7.15. The first kappa shape index (κ1) is 23.1. The lowest BCUT2D eigenvalue weighted by Crippen LogP contribution is -2.46. The molecule has 6 heteroatoms. The number of hydrogen-bond acceptors (Lipinski definition) is 4. The van der Waals surface area contributed by atoms with Gasteiger partial charge in [0.25, 0.3) is 0 Å². The van der Waals surface area contributed by atoms with Crippen LogP contribution in [-0.4, -0.2) is 47.9 Å². The van der Waals surface area contributed by atoms with E-state index in [0.29, 0.717) is 0 Å². The summed E-state index contributed by atoms with van der Waals surface area (Å²) in [5.41, 5.74) is 4.90. The minimum absolute atomic E-state index is 0.773. The van der Waals surface area contributed by atoms with Gasteiger partial charge in [-0.3, -0.25) is 4.99 Å². The van der Waals surface area contributed by atoms with Crippen LogP contribution in [0.1, 0.15) is 11.1 Å². The van der Waals surface area contributed by atoms with Crippen molar-refractivity contribution in [1.82, 2.24) is 14.7 Å². The van der Waals surface area contributed by atoms with Crippen molar-refractivity contribution in [3.63, 3.8) is 0 Å². The Morgan fingerprint density at radius 1 is 0.800 bits per heavy atom. The van der Waals surface area contributed by atoms with Gasteiger partial charge in [0.2, 0.25) is 0 Å². The first-order chi connectivity index (χ1) is 17.1. The van der Waals surface area contributed by atoms with Gasteiger partial charge < -0.3 is 9.80 Å². The van der Waals surface area contributed by atoms with Crippen molar-refractivity contribution >= 4 is 42.5 Å². The first-order valence-electron chi connectivity index (χ1n) is 11.8. The van der Waals surface area contributed by atoms with Crippen LogP contribution < -0.4 is 15.7 Å². The Morgan fingerprint density at radius 2 is 1.49 bits per heavy atom. The predicted octanol–water partition coefficient (Wildman–Crippen LogP) is 4.38. The summed E-state index contributed by atoms with van der Waals surface area (Å²) in [7, 11) is 4.56. The Hall–Kier alpha value is -3.69. The van der Waals surface area contributed by atoms with Crippen molar-refractivity contribution < 1.29 is 0 Å². The molecular weight excluding hydrogens is 449 g/mol. The average Bonchev–Trinajstić information content (AvgIpc) is 2.92. The monoisotopic (exact) mass is 479 g/mol. The molecule has 0 amide bonds. The summed E-state index contributed by atoms with van der Waals surface area (Å²) >= 11 is 0.